The van der Waals surface area contributed by atoms with Gasteiger partial charge in [-0.25, -0.2) is 4.79 Å². The summed E-state index contributed by atoms with van der Waals surface area (Å²) in [6, 6.07) is 0.796. The number of amides is 1. The largest absolute Gasteiger partial charge is 0.444 e. The molecule has 2 aliphatic heterocycles. The lowest BCUT2D eigenvalue weighted by molar-refractivity contribution is 0.0295. The molecule has 2 saturated heterocycles. The van der Waals surface area contributed by atoms with Gasteiger partial charge in [0.05, 0.1) is 0 Å². The van der Waals surface area contributed by atoms with Crippen molar-refractivity contribution in [2.24, 2.45) is 0 Å². The molecule has 0 bridgehead atoms. The summed E-state index contributed by atoms with van der Waals surface area (Å²) in [6.07, 6.45) is 4.81. The molecular weight excluding hydrogens is 228 g/mol. The van der Waals surface area contributed by atoms with E-state index in [1.807, 2.05) is 20.8 Å². The van der Waals surface area contributed by atoms with E-state index in [1.54, 1.807) is 4.90 Å². The van der Waals surface area contributed by atoms with E-state index in [-0.39, 0.29) is 11.7 Å². The van der Waals surface area contributed by atoms with Gasteiger partial charge in [-0.15, -0.1) is 0 Å². The highest BCUT2D eigenvalue weighted by Gasteiger charge is 2.23. The maximum atomic E-state index is 11.4. The van der Waals surface area contributed by atoms with Gasteiger partial charge in [-0.05, 0) is 59.9 Å². The van der Waals surface area contributed by atoms with Gasteiger partial charge in [0.15, 0.2) is 0 Å². The van der Waals surface area contributed by atoms with Crippen molar-refractivity contribution in [1.29, 1.82) is 0 Å². The van der Waals surface area contributed by atoms with E-state index < -0.39 is 0 Å². The summed E-state index contributed by atoms with van der Waals surface area (Å²) in [5, 5.41) is 3.32. The highest BCUT2D eigenvalue weighted by molar-refractivity contribution is 5.68. The summed E-state index contributed by atoms with van der Waals surface area (Å²) >= 11 is 0. The lowest BCUT2D eigenvalue weighted by atomic mass is 10.2. The number of ether oxygens (including phenoxy) is 1. The Kier molecular flexibility index (Phi) is 5.93. The standard InChI is InChI=1S/C9H17NO2.C5H11N/c1-9(2,3)12-8(11)10-6-4-5-7-10;1-5-3-2-4-6-5/h4-7H2,1-3H3;5-6H,2-4H2,1H3. The fraction of sp³-hybridized carbons (Fsp3) is 0.929. The van der Waals surface area contributed by atoms with Gasteiger partial charge in [0.1, 0.15) is 5.60 Å². The van der Waals surface area contributed by atoms with Crippen LogP contribution in [-0.2, 0) is 4.74 Å². The SMILES string of the molecule is CC(C)(C)OC(=O)N1CCCC1.CC1CCCN1. The molecule has 0 radical (unpaired) electrons. The van der Waals surface area contributed by atoms with Crippen molar-refractivity contribution in [3.63, 3.8) is 0 Å². The highest BCUT2D eigenvalue weighted by Crippen LogP contribution is 2.14. The molecule has 106 valence electrons. The molecule has 2 fully saturated rings. The summed E-state index contributed by atoms with van der Waals surface area (Å²) < 4.78 is 5.21. The van der Waals surface area contributed by atoms with Crippen LogP contribution in [0.2, 0.25) is 0 Å². The molecule has 2 rings (SSSR count). The van der Waals surface area contributed by atoms with Crippen molar-refractivity contribution in [1.82, 2.24) is 10.2 Å². The average Bonchev–Trinajstić information content (AvgIpc) is 2.86. The molecule has 1 unspecified atom stereocenters. The highest BCUT2D eigenvalue weighted by atomic mass is 16.6. The number of nitrogens with zero attached hydrogens (tertiary/aromatic N) is 1. The third-order valence-electron chi connectivity index (χ3n) is 3.06. The Morgan fingerprint density at radius 1 is 1.22 bits per heavy atom. The van der Waals surface area contributed by atoms with Crippen molar-refractivity contribution in [2.75, 3.05) is 19.6 Å². The lowest BCUT2D eigenvalue weighted by Gasteiger charge is -2.23. The van der Waals surface area contributed by atoms with Crippen LogP contribution < -0.4 is 5.32 Å². The lowest BCUT2D eigenvalue weighted by Crippen LogP contribution is -2.34. The molecule has 0 aromatic carbocycles. The molecule has 2 heterocycles. The number of carbonyl (C=O) groups excluding carboxylic acids is 1. The predicted molar refractivity (Wildman–Crippen MR) is 73.7 cm³/mol. The number of carbonyl (C=O) groups is 1. The summed E-state index contributed by atoms with van der Waals surface area (Å²) in [5.41, 5.74) is -0.361. The Balaban J connectivity index is 0.000000225. The maximum absolute atomic E-state index is 11.4. The minimum absolute atomic E-state index is 0.167. The Morgan fingerprint density at radius 3 is 2.17 bits per heavy atom. The zero-order valence-electron chi connectivity index (χ0n) is 12.3. The first kappa shape index (κ1) is 15.3. The topological polar surface area (TPSA) is 41.6 Å². The Labute approximate surface area is 111 Å². The van der Waals surface area contributed by atoms with Crippen LogP contribution in [0, 0.1) is 0 Å². The van der Waals surface area contributed by atoms with Gasteiger partial charge in [0, 0.05) is 19.1 Å². The minimum Gasteiger partial charge on any atom is -0.444 e. The Bertz CT molecular complexity index is 249. The number of rotatable bonds is 0. The first-order valence-electron chi connectivity index (χ1n) is 7.10. The molecule has 1 N–H and O–H groups in total. The van der Waals surface area contributed by atoms with Crippen LogP contribution in [0.3, 0.4) is 0 Å². The van der Waals surface area contributed by atoms with E-state index >= 15 is 0 Å². The number of hydrogen-bond acceptors (Lipinski definition) is 3. The normalized spacial score (nSPS) is 23.6. The molecule has 2 aliphatic rings. The van der Waals surface area contributed by atoms with Gasteiger partial charge < -0.3 is 15.0 Å². The van der Waals surface area contributed by atoms with Gasteiger partial charge in [-0.1, -0.05) is 0 Å². The second-order valence-corrected chi connectivity index (χ2v) is 6.17. The molecule has 0 spiro atoms. The molecule has 0 aromatic heterocycles. The second-order valence-electron chi connectivity index (χ2n) is 6.17. The van der Waals surface area contributed by atoms with E-state index in [2.05, 4.69) is 12.2 Å². The maximum Gasteiger partial charge on any atom is 0.410 e. The van der Waals surface area contributed by atoms with Crippen LogP contribution in [0.4, 0.5) is 4.79 Å². The first-order valence-corrected chi connectivity index (χ1v) is 7.10. The molecule has 0 aliphatic carbocycles. The molecule has 4 heteroatoms. The number of hydrogen-bond donors (Lipinski definition) is 1. The van der Waals surface area contributed by atoms with E-state index in [0.29, 0.717) is 0 Å². The third kappa shape index (κ3) is 6.24. The van der Waals surface area contributed by atoms with Crippen LogP contribution in [-0.4, -0.2) is 42.3 Å². The number of likely N-dealkylation sites (tertiary alicyclic amines) is 1. The molecular formula is C14H28N2O2. The zero-order chi connectivity index (χ0) is 13.6. The van der Waals surface area contributed by atoms with Crippen LogP contribution in [0.25, 0.3) is 0 Å². The average molecular weight is 256 g/mol. The fourth-order valence-corrected chi connectivity index (χ4v) is 2.08. The Hall–Kier alpha value is -0.770. The van der Waals surface area contributed by atoms with E-state index in [4.69, 9.17) is 4.74 Å². The van der Waals surface area contributed by atoms with E-state index in [0.717, 1.165) is 32.0 Å². The predicted octanol–water partition coefficient (Wildman–Crippen LogP) is 2.78. The summed E-state index contributed by atoms with van der Waals surface area (Å²) in [6.45, 7) is 10.8. The van der Waals surface area contributed by atoms with Gasteiger partial charge in [-0.3, -0.25) is 0 Å². The fourth-order valence-electron chi connectivity index (χ4n) is 2.08. The molecule has 0 saturated carbocycles. The number of nitrogens with one attached hydrogen (secondary N) is 1. The smallest absolute Gasteiger partial charge is 0.410 e. The van der Waals surface area contributed by atoms with Gasteiger partial charge in [0.2, 0.25) is 0 Å². The third-order valence-corrected chi connectivity index (χ3v) is 3.06. The monoisotopic (exact) mass is 256 g/mol. The second kappa shape index (κ2) is 6.98. The van der Waals surface area contributed by atoms with Crippen molar-refractivity contribution < 1.29 is 9.53 Å². The molecule has 1 atom stereocenters. The van der Waals surface area contributed by atoms with Crippen LogP contribution in [0.1, 0.15) is 53.4 Å². The van der Waals surface area contributed by atoms with Crippen LogP contribution in [0.5, 0.6) is 0 Å². The Morgan fingerprint density at radius 2 is 1.83 bits per heavy atom. The zero-order valence-corrected chi connectivity index (χ0v) is 12.3. The van der Waals surface area contributed by atoms with Crippen molar-refractivity contribution in [2.45, 2.75) is 65.0 Å². The van der Waals surface area contributed by atoms with Crippen molar-refractivity contribution >= 4 is 6.09 Å². The van der Waals surface area contributed by atoms with E-state index in [9.17, 15) is 4.79 Å². The van der Waals surface area contributed by atoms with Crippen molar-refractivity contribution in [3.8, 4) is 0 Å². The minimum atomic E-state index is -0.361. The molecule has 4 nitrogen and oxygen atoms in total. The first-order chi connectivity index (χ1) is 8.38. The van der Waals surface area contributed by atoms with Gasteiger partial charge in [0.25, 0.3) is 0 Å². The molecule has 0 aromatic rings. The molecule has 18 heavy (non-hydrogen) atoms. The van der Waals surface area contributed by atoms with Crippen LogP contribution >= 0.6 is 0 Å². The summed E-state index contributed by atoms with van der Waals surface area (Å²) in [5.74, 6) is 0. The van der Waals surface area contributed by atoms with Gasteiger partial charge >= 0.3 is 6.09 Å². The molecule has 1 amide bonds. The quantitative estimate of drug-likeness (QED) is 0.724. The van der Waals surface area contributed by atoms with Crippen molar-refractivity contribution in [3.05, 3.63) is 0 Å². The van der Waals surface area contributed by atoms with E-state index in [1.165, 1.54) is 19.4 Å². The summed E-state index contributed by atoms with van der Waals surface area (Å²) in [4.78, 5) is 13.1. The van der Waals surface area contributed by atoms with Gasteiger partial charge in [-0.2, -0.15) is 0 Å². The summed E-state index contributed by atoms with van der Waals surface area (Å²) in [7, 11) is 0. The van der Waals surface area contributed by atoms with Crippen LogP contribution in [0.15, 0.2) is 0 Å².